The molecule has 104 valence electrons. The molecular weight excluding hydrogens is 240 g/mol. The Kier molecular flexibility index (Phi) is 6.82. The van der Waals surface area contributed by atoms with Crippen molar-refractivity contribution in [3.8, 4) is 0 Å². The smallest absolute Gasteiger partial charge is 0.233 e. The van der Waals surface area contributed by atoms with Crippen LogP contribution in [0, 0.1) is 0 Å². The summed E-state index contributed by atoms with van der Waals surface area (Å²) in [5.74, 6) is 0.0875. The average Bonchev–Trinajstić information content (AvgIpc) is 2.39. The van der Waals surface area contributed by atoms with E-state index in [2.05, 4.69) is 5.32 Å². The van der Waals surface area contributed by atoms with Gasteiger partial charge in [-0.25, -0.2) is 0 Å². The van der Waals surface area contributed by atoms with Gasteiger partial charge in [-0.05, 0) is 18.5 Å². The van der Waals surface area contributed by atoms with Crippen LogP contribution in [0.1, 0.15) is 18.9 Å². The van der Waals surface area contributed by atoms with E-state index in [1.54, 1.807) is 7.05 Å². The zero-order valence-electron chi connectivity index (χ0n) is 11.7. The first kappa shape index (κ1) is 15.4. The monoisotopic (exact) mass is 262 g/mol. The molecule has 0 aliphatic heterocycles. The third kappa shape index (κ3) is 6.15. The third-order valence-corrected chi connectivity index (χ3v) is 2.83. The zero-order chi connectivity index (χ0) is 14.1. The van der Waals surface area contributed by atoms with Gasteiger partial charge in [0.25, 0.3) is 0 Å². The molecule has 19 heavy (non-hydrogen) atoms. The zero-order valence-corrected chi connectivity index (χ0v) is 11.7. The van der Waals surface area contributed by atoms with Crippen LogP contribution in [0.5, 0.6) is 0 Å². The number of carbonyl (C=O) groups excluding carboxylic acids is 2. The Morgan fingerprint density at radius 3 is 2.42 bits per heavy atom. The Hall–Kier alpha value is -1.68. The van der Waals surface area contributed by atoms with Crippen LogP contribution >= 0.6 is 0 Å². The summed E-state index contributed by atoms with van der Waals surface area (Å²) in [6, 6.07) is 9.68. The molecule has 0 bridgehead atoms. The molecule has 0 spiro atoms. The van der Waals surface area contributed by atoms with Crippen LogP contribution < -0.4 is 5.32 Å². The van der Waals surface area contributed by atoms with Crippen molar-refractivity contribution in [3.63, 3.8) is 0 Å². The van der Waals surface area contributed by atoms with Gasteiger partial charge in [0.1, 0.15) is 0 Å². The molecule has 0 unspecified atom stereocenters. The van der Waals surface area contributed by atoms with Crippen molar-refractivity contribution < 1.29 is 9.59 Å². The highest BCUT2D eigenvalue weighted by atomic mass is 16.2. The highest BCUT2D eigenvalue weighted by Crippen LogP contribution is 2.02. The molecule has 0 atom stereocenters. The van der Waals surface area contributed by atoms with E-state index >= 15 is 0 Å². The number of nitrogens with one attached hydrogen (secondary N) is 1. The van der Waals surface area contributed by atoms with Gasteiger partial charge < -0.3 is 5.32 Å². The van der Waals surface area contributed by atoms with E-state index in [-0.39, 0.29) is 18.2 Å². The molecule has 4 nitrogen and oxygen atoms in total. The van der Waals surface area contributed by atoms with Gasteiger partial charge in [0.2, 0.25) is 5.91 Å². The van der Waals surface area contributed by atoms with Gasteiger partial charge in [0, 0.05) is 13.5 Å². The first-order valence-corrected chi connectivity index (χ1v) is 6.64. The summed E-state index contributed by atoms with van der Waals surface area (Å²) >= 11 is 0. The molecule has 4 heteroatoms. The van der Waals surface area contributed by atoms with Crippen LogP contribution in [0.25, 0.3) is 0 Å². The van der Waals surface area contributed by atoms with Gasteiger partial charge in [-0.3, -0.25) is 14.5 Å². The minimum absolute atomic E-state index is 0.0547. The minimum atomic E-state index is -0.0547. The van der Waals surface area contributed by atoms with E-state index in [1.807, 2.05) is 42.2 Å². The molecule has 1 aromatic carbocycles. The number of hydrogen-bond acceptors (Lipinski definition) is 3. The van der Waals surface area contributed by atoms with Gasteiger partial charge in [0.05, 0.1) is 13.1 Å². The Balaban J connectivity index is 2.49. The lowest BCUT2D eigenvalue weighted by Crippen LogP contribution is -2.39. The second kappa shape index (κ2) is 8.43. The molecule has 1 rings (SSSR count). The molecule has 0 saturated heterocycles. The number of likely N-dealkylation sites (N-methyl/N-ethyl adjacent to an activating group) is 1. The lowest BCUT2D eigenvalue weighted by atomic mass is 10.1. The van der Waals surface area contributed by atoms with E-state index in [9.17, 15) is 9.59 Å². The number of carbonyl (C=O) groups is 2. The molecule has 0 saturated carbocycles. The summed E-state index contributed by atoms with van der Waals surface area (Å²) in [6.45, 7) is 3.41. The van der Waals surface area contributed by atoms with E-state index in [0.717, 1.165) is 18.5 Å². The van der Waals surface area contributed by atoms with Gasteiger partial charge >= 0.3 is 0 Å². The van der Waals surface area contributed by atoms with Crippen LogP contribution in [0.15, 0.2) is 30.3 Å². The van der Waals surface area contributed by atoms with Crippen molar-refractivity contribution in [2.24, 2.45) is 0 Å². The molecule has 0 fully saturated rings. The van der Waals surface area contributed by atoms with Gasteiger partial charge in [-0.1, -0.05) is 37.3 Å². The third-order valence-electron chi connectivity index (χ3n) is 2.83. The normalized spacial score (nSPS) is 10.5. The fraction of sp³-hybridized carbons (Fsp3) is 0.467. The predicted octanol–water partition coefficient (Wildman–Crippen LogP) is 1.26. The molecule has 0 aromatic heterocycles. The summed E-state index contributed by atoms with van der Waals surface area (Å²) in [5.41, 5.74) is 1.02. The van der Waals surface area contributed by atoms with Crippen LogP contribution in [0.2, 0.25) is 0 Å². The van der Waals surface area contributed by atoms with Crippen molar-refractivity contribution in [1.82, 2.24) is 10.2 Å². The van der Waals surface area contributed by atoms with Crippen LogP contribution in [-0.2, 0) is 16.0 Å². The molecule has 1 aromatic rings. The topological polar surface area (TPSA) is 49.4 Å². The average molecular weight is 262 g/mol. The maximum atomic E-state index is 12.0. The quantitative estimate of drug-likeness (QED) is 0.767. The van der Waals surface area contributed by atoms with Crippen molar-refractivity contribution >= 4 is 11.7 Å². The molecule has 0 heterocycles. The predicted molar refractivity (Wildman–Crippen MR) is 76.0 cm³/mol. The molecule has 0 aliphatic rings. The molecule has 0 radical (unpaired) electrons. The minimum Gasteiger partial charge on any atom is -0.358 e. The van der Waals surface area contributed by atoms with Gasteiger partial charge in [0.15, 0.2) is 5.78 Å². The number of Topliss-reactive ketones (excluding diaryl/α,β-unsaturated/α-hetero) is 1. The number of benzene rings is 1. The first-order chi connectivity index (χ1) is 9.15. The highest BCUT2D eigenvalue weighted by Gasteiger charge is 2.13. The van der Waals surface area contributed by atoms with Crippen molar-refractivity contribution in [3.05, 3.63) is 35.9 Å². The van der Waals surface area contributed by atoms with E-state index in [1.165, 1.54) is 0 Å². The van der Waals surface area contributed by atoms with Crippen molar-refractivity contribution in [2.45, 2.75) is 19.8 Å². The number of nitrogens with zero attached hydrogens (tertiary/aromatic N) is 1. The lowest BCUT2D eigenvalue weighted by molar-refractivity contribution is -0.123. The van der Waals surface area contributed by atoms with E-state index < -0.39 is 0 Å². The van der Waals surface area contributed by atoms with Crippen LogP contribution in [-0.4, -0.2) is 43.3 Å². The summed E-state index contributed by atoms with van der Waals surface area (Å²) in [5, 5.41) is 2.58. The van der Waals surface area contributed by atoms with Gasteiger partial charge in [-0.15, -0.1) is 0 Å². The molecule has 0 aliphatic carbocycles. The number of amides is 1. The number of ketones is 1. The van der Waals surface area contributed by atoms with E-state index in [4.69, 9.17) is 0 Å². The Morgan fingerprint density at radius 2 is 1.84 bits per heavy atom. The van der Waals surface area contributed by atoms with E-state index in [0.29, 0.717) is 13.0 Å². The molecule has 1 N–H and O–H groups in total. The van der Waals surface area contributed by atoms with Crippen molar-refractivity contribution in [1.29, 1.82) is 0 Å². The van der Waals surface area contributed by atoms with Crippen molar-refractivity contribution in [2.75, 3.05) is 26.7 Å². The maximum Gasteiger partial charge on any atom is 0.233 e. The standard InChI is InChI=1S/C15H22N2O2/c1-3-9-17(12-15(19)16-2)11-14(18)10-13-7-5-4-6-8-13/h4-8H,3,9-12H2,1-2H3,(H,16,19). The first-order valence-electron chi connectivity index (χ1n) is 6.64. The summed E-state index contributed by atoms with van der Waals surface area (Å²) in [4.78, 5) is 25.3. The second-order valence-corrected chi connectivity index (χ2v) is 4.58. The second-order valence-electron chi connectivity index (χ2n) is 4.58. The summed E-state index contributed by atoms with van der Waals surface area (Å²) in [6.07, 6.45) is 1.35. The maximum absolute atomic E-state index is 12.0. The Bertz CT molecular complexity index is 404. The number of rotatable bonds is 8. The van der Waals surface area contributed by atoms with Gasteiger partial charge in [-0.2, -0.15) is 0 Å². The Morgan fingerprint density at radius 1 is 1.16 bits per heavy atom. The fourth-order valence-corrected chi connectivity index (χ4v) is 1.94. The summed E-state index contributed by atoms with van der Waals surface area (Å²) < 4.78 is 0. The van der Waals surface area contributed by atoms with Crippen LogP contribution in [0.4, 0.5) is 0 Å². The summed E-state index contributed by atoms with van der Waals surface area (Å²) in [7, 11) is 1.61. The highest BCUT2D eigenvalue weighted by molar-refractivity contribution is 5.84. The largest absolute Gasteiger partial charge is 0.358 e. The lowest BCUT2D eigenvalue weighted by Gasteiger charge is -2.19. The van der Waals surface area contributed by atoms with Crippen LogP contribution in [0.3, 0.4) is 0 Å². The number of hydrogen-bond donors (Lipinski definition) is 1. The SMILES string of the molecule is CCCN(CC(=O)Cc1ccccc1)CC(=O)NC. The molecular formula is C15H22N2O2. The fourth-order valence-electron chi connectivity index (χ4n) is 1.94. The Labute approximate surface area is 114 Å². The molecule has 1 amide bonds.